The molecule has 0 atom stereocenters. The third kappa shape index (κ3) is 2.64. The average molecular weight is 291 g/mol. The minimum absolute atomic E-state index is 0.0234. The zero-order chi connectivity index (χ0) is 13.9. The molecule has 1 N–H and O–H groups in total. The molecule has 0 radical (unpaired) electrons. The number of hydrogen-bond acceptors (Lipinski definition) is 6. The summed E-state index contributed by atoms with van der Waals surface area (Å²) >= 11 is 1.12. The summed E-state index contributed by atoms with van der Waals surface area (Å²) in [5.74, 6) is 1.32. The van der Waals surface area contributed by atoms with E-state index in [1.54, 1.807) is 6.07 Å². The summed E-state index contributed by atoms with van der Waals surface area (Å²) in [6, 6.07) is 2.98. The van der Waals surface area contributed by atoms with Crippen LogP contribution in [0.4, 0.5) is 5.69 Å². The Morgan fingerprint density at radius 2 is 2.20 bits per heavy atom. The van der Waals surface area contributed by atoms with Gasteiger partial charge in [0.25, 0.3) is 0 Å². The predicted molar refractivity (Wildman–Crippen MR) is 72.6 cm³/mol. The summed E-state index contributed by atoms with van der Waals surface area (Å²) in [5.41, 5.74) is -0.0234. The normalized spacial score (nSPS) is 15.6. The molecule has 20 heavy (non-hydrogen) atoms. The molecule has 1 saturated carbocycles. The van der Waals surface area contributed by atoms with Crippen molar-refractivity contribution in [1.29, 1.82) is 0 Å². The van der Waals surface area contributed by atoms with E-state index in [4.69, 9.17) is 0 Å². The van der Waals surface area contributed by atoms with Gasteiger partial charge in [-0.2, -0.15) is 0 Å². The van der Waals surface area contributed by atoms with E-state index in [0.717, 1.165) is 30.4 Å². The Labute approximate surface area is 119 Å². The van der Waals surface area contributed by atoms with Gasteiger partial charge in [-0.15, -0.1) is 5.10 Å². The zero-order valence-corrected chi connectivity index (χ0v) is 11.5. The largest absolute Gasteiger partial charge is 0.301 e. The summed E-state index contributed by atoms with van der Waals surface area (Å²) in [6.45, 7) is 0. The monoisotopic (exact) mass is 291 g/mol. The van der Waals surface area contributed by atoms with Gasteiger partial charge < -0.3 is 0 Å². The molecule has 0 aliphatic heterocycles. The zero-order valence-electron chi connectivity index (χ0n) is 10.7. The van der Waals surface area contributed by atoms with E-state index < -0.39 is 4.92 Å². The second kappa shape index (κ2) is 5.58. The number of nitrogens with one attached hydrogen (secondary N) is 1. The van der Waals surface area contributed by atoms with Gasteiger partial charge in [-0.05, 0) is 30.7 Å². The number of pyridine rings is 1. The average Bonchev–Trinajstić information content (AvgIpc) is 3.09. The Bertz CT molecular complexity index is 624. The van der Waals surface area contributed by atoms with E-state index in [-0.39, 0.29) is 5.69 Å². The van der Waals surface area contributed by atoms with Crippen LogP contribution in [0.15, 0.2) is 28.5 Å². The SMILES string of the molecule is O=[N+]([O-])c1cccnc1Sc1n[nH]c(C2CCCC2)n1. The van der Waals surface area contributed by atoms with Crippen LogP contribution in [0, 0.1) is 10.1 Å². The molecule has 1 aliphatic carbocycles. The van der Waals surface area contributed by atoms with Crippen LogP contribution in [0.25, 0.3) is 0 Å². The van der Waals surface area contributed by atoms with Crippen molar-refractivity contribution < 1.29 is 4.92 Å². The first kappa shape index (κ1) is 13.0. The first-order chi connectivity index (χ1) is 9.74. The van der Waals surface area contributed by atoms with E-state index in [1.165, 1.54) is 25.1 Å². The highest BCUT2D eigenvalue weighted by Gasteiger charge is 2.22. The first-order valence-corrected chi connectivity index (χ1v) is 7.25. The molecule has 2 aromatic heterocycles. The first-order valence-electron chi connectivity index (χ1n) is 6.43. The Morgan fingerprint density at radius 1 is 1.40 bits per heavy atom. The molecule has 0 aromatic carbocycles. The standard InChI is InChI=1S/C12H13N5O2S/c18-17(19)9-6-3-7-13-11(9)20-12-14-10(15-16-12)8-4-1-2-5-8/h3,6-8H,1-2,4-5H2,(H,14,15,16). The summed E-state index contributed by atoms with van der Waals surface area (Å²) in [4.78, 5) is 18.9. The summed E-state index contributed by atoms with van der Waals surface area (Å²) in [7, 11) is 0. The fourth-order valence-electron chi connectivity index (χ4n) is 2.37. The Morgan fingerprint density at radius 3 is 2.95 bits per heavy atom. The van der Waals surface area contributed by atoms with E-state index in [1.807, 2.05) is 0 Å². The third-order valence-corrected chi connectivity index (χ3v) is 4.23. The highest BCUT2D eigenvalue weighted by atomic mass is 32.2. The van der Waals surface area contributed by atoms with Gasteiger partial charge in [0.1, 0.15) is 5.82 Å². The van der Waals surface area contributed by atoms with Crippen LogP contribution in [0.3, 0.4) is 0 Å². The highest BCUT2D eigenvalue weighted by molar-refractivity contribution is 7.99. The number of H-pyrrole nitrogens is 1. The van der Waals surface area contributed by atoms with Gasteiger partial charge in [0, 0.05) is 18.2 Å². The second-order valence-corrected chi connectivity index (χ2v) is 5.63. The molecule has 0 bridgehead atoms. The fourth-order valence-corrected chi connectivity index (χ4v) is 3.14. The van der Waals surface area contributed by atoms with Crippen molar-refractivity contribution in [3.05, 3.63) is 34.3 Å². The quantitative estimate of drug-likeness (QED) is 0.687. The summed E-state index contributed by atoms with van der Waals surface area (Å²) < 4.78 is 0. The lowest BCUT2D eigenvalue weighted by Gasteiger charge is -2.01. The van der Waals surface area contributed by atoms with Crippen LogP contribution in [0.1, 0.15) is 37.4 Å². The van der Waals surface area contributed by atoms with Gasteiger partial charge in [0.05, 0.1) is 4.92 Å². The van der Waals surface area contributed by atoms with Crippen molar-refractivity contribution >= 4 is 17.4 Å². The predicted octanol–water partition coefficient (Wildman–Crippen LogP) is 2.92. The van der Waals surface area contributed by atoms with Crippen molar-refractivity contribution in [2.24, 2.45) is 0 Å². The Kier molecular flexibility index (Phi) is 3.64. The molecular formula is C12H13N5O2S. The topological polar surface area (TPSA) is 97.6 Å². The van der Waals surface area contributed by atoms with Crippen molar-refractivity contribution in [1.82, 2.24) is 20.2 Å². The number of aromatic nitrogens is 4. The molecule has 0 amide bonds. The van der Waals surface area contributed by atoms with E-state index >= 15 is 0 Å². The number of nitrogens with zero attached hydrogens (tertiary/aromatic N) is 4. The van der Waals surface area contributed by atoms with Gasteiger partial charge >= 0.3 is 5.69 Å². The Balaban J connectivity index is 1.79. The van der Waals surface area contributed by atoms with Crippen LogP contribution in [0.5, 0.6) is 0 Å². The molecule has 7 nitrogen and oxygen atoms in total. The minimum Gasteiger partial charge on any atom is -0.262 e. The number of nitro groups is 1. The van der Waals surface area contributed by atoms with Crippen LogP contribution >= 0.6 is 11.8 Å². The van der Waals surface area contributed by atoms with Crippen molar-refractivity contribution in [2.45, 2.75) is 41.8 Å². The molecule has 104 valence electrons. The van der Waals surface area contributed by atoms with Crippen LogP contribution in [0.2, 0.25) is 0 Å². The van der Waals surface area contributed by atoms with E-state index in [2.05, 4.69) is 20.2 Å². The van der Waals surface area contributed by atoms with E-state index in [9.17, 15) is 10.1 Å². The highest BCUT2D eigenvalue weighted by Crippen LogP contribution is 2.34. The van der Waals surface area contributed by atoms with Gasteiger partial charge in [0.2, 0.25) is 5.16 Å². The fraction of sp³-hybridized carbons (Fsp3) is 0.417. The van der Waals surface area contributed by atoms with E-state index in [0.29, 0.717) is 16.1 Å². The maximum absolute atomic E-state index is 10.9. The molecule has 1 aliphatic rings. The molecule has 1 fully saturated rings. The summed E-state index contributed by atoms with van der Waals surface area (Å²) in [5, 5.41) is 18.8. The van der Waals surface area contributed by atoms with Gasteiger partial charge in [0.15, 0.2) is 5.03 Å². The van der Waals surface area contributed by atoms with Crippen molar-refractivity contribution in [3.63, 3.8) is 0 Å². The van der Waals surface area contributed by atoms with Gasteiger partial charge in [-0.25, -0.2) is 9.97 Å². The van der Waals surface area contributed by atoms with Gasteiger partial charge in [-0.1, -0.05) is 12.8 Å². The molecule has 2 heterocycles. The lowest BCUT2D eigenvalue weighted by Crippen LogP contribution is -1.95. The van der Waals surface area contributed by atoms with Crippen LogP contribution < -0.4 is 0 Å². The maximum Gasteiger partial charge on any atom is 0.301 e. The lowest BCUT2D eigenvalue weighted by molar-refractivity contribution is -0.388. The molecule has 3 rings (SSSR count). The number of hydrogen-bond donors (Lipinski definition) is 1. The third-order valence-electron chi connectivity index (χ3n) is 3.36. The van der Waals surface area contributed by atoms with Crippen LogP contribution in [-0.2, 0) is 0 Å². The minimum atomic E-state index is -0.445. The summed E-state index contributed by atoms with van der Waals surface area (Å²) in [6.07, 6.45) is 6.23. The second-order valence-electron chi connectivity index (χ2n) is 4.67. The molecule has 0 saturated heterocycles. The molecule has 8 heteroatoms. The number of aromatic amines is 1. The molecule has 0 spiro atoms. The molecule has 0 unspecified atom stereocenters. The van der Waals surface area contributed by atoms with Crippen molar-refractivity contribution in [2.75, 3.05) is 0 Å². The van der Waals surface area contributed by atoms with Crippen molar-refractivity contribution in [3.8, 4) is 0 Å². The molecular weight excluding hydrogens is 278 g/mol. The Hall–Kier alpha value is -1.96. The maximum atomic E-state index is 10.9. The number of rotatable bonds is 4. The van der Waals surface area contributed by atoms with Crippen LogP contribution in [-0.4, -0.2) is 25.1 Å². The molecule has 2 aromatic rings. The lowest BCUT2D eigenvalue weighted by atomic mass is 10.1. The smallest absolute Gasteiger partial charge is 0.262 e. The van der Waals surface area contributed by atoms with Gasteiger partial charge in [-0.3, -0.25) is 15.2 Å².